The van der Waals surface area contributed by atoms with Crippen LogP contribution in [0.3, 0.4) is 0 Å². The van der Waals surface area contributed by atoms with Crippen LogP contribution < -0.4 is 5.32 Å². The van der Waals surface area contributed by atoms with E-state index in [2.05, 4.69) is 19.2 Å². The van der Waals surface area contributed by atoms with Gasteiger partial charge in [-0.05, 0) is 19.3 Å². The largest absolute Gasteiger partial charge is 0.394 e. The van der Waals surface area contributed by atoms with E-state index in [9.17, 15) is 30.3 Å². The van der Waals surface area contributed by atoms with Gasteiger partial charge in [0.05, 0.1) is 25.4 Å². The molecule has 0 aromatic rings. The van der Waals surface area contributed by atoms with Crippen LogP contribution in [0, 0.1) is 0 Å². The number of hydrogen-bond donors (Lipinski definition) is 6. The van der Waals surface area contributed by atoms with Crippen molar-refractivity contribution in [3.8, 4) is 0 Å². The number of ether oxygens (including phenoxy) is 2. The average molecular weight is 812 g/mol. The van der Waals surface area contributed by atoms with Crippen molar-refractivity contribution in [1.29, 1.82) is 0 Å². The molecule has 0 aromatic heterocycles. The quantitative estimate of drug-likeness (QED) is 0.0264. The Bertz CT molecular complexity index is 904. The lowest BCUT2D eigenvalue weighted by Gasteiger charge is -2.40. The zero-order valence-corrected chi connectivity index (χ0v) is 37.1. The van der Waals surface area contributed by atoms with Gasteiger partial charge in [-0.15, -0.1) is 0 Å². The number of rotatable bonds is 41. The van der Waals surface area contributed by atoms with E-state index in [1.165, 1.54) is 173 Å². The lowest BCUT2D eigenvalue weighted by atomic mass is 9.99. The maximum Gasteiger partial charge on any atom is 0.220 e. The summed E-state index contributed by atoms with van der Waals surface area (Å²) in [6.45, 7) is 3.79. The van der Waals surface area contributed by atoms with Gasteiger partial charge in [-0.25, -0.2) is 0 Å². The molecule has 1 rings (SSSR count). The molecule has 1 heterocycles. The Labute approximate surface area is 350 Å². The van der Waals surface area contributed by atoms with Crippen molar-refractivity contribution in [2.24, 2.45) is 0 Å². The number of allylic oxidation sites excluding steroid dienone is 1. The van der Waals surface area contributed by atoms with Gasteiger partial charge in [0.15, 0.2) is 6.29 Å². The van der Waals surface area contributed by atoms with Crippen LogP contribution >= 0.6 is 0 Å². The second-order valence-electron chi connectivity index (χ2n) is 17.3. The number of aliphatic hydroxyl groups excluding tert-OH is 5. The normalized spacial score (nSPS) is 21.0. The van der Waals surface area contributed by atoms with Gasteiger partial charge in [0.2, 0.25) is 5.91 Å². The van der Waals surface area contributed by atoms with Crippen LogP contribution in [0.2, 0.25) is 0 Å². The summed E-state index contributed by atoms with van der Waals surface area (Å²) in [5, 5.41) is 54.2. The molecule has 1 fully saturated rings. The maximum atomic E-state index is 13.0. The fourth-order valence-electron chi connectivity index (χ4n) is 7.92. The van der Waals surface area contributed by atoms with Crippen LogP contribution in [-0.4, -0.2) is 87.5 Å². The molecule has 1 amide bonds. The van der Waals surface area contributed by atoms with Crippen LogP contribution in [0.15, 0.2) is 12.2 Å². The topological polar surface area (TPSA) is 149 Å². The smallest absolute Gasteiger partial charge is 0.220 e. The Kier molecular flexibility index (Phi) is 37.0. The van der Waals surface area contributed by atoms with Gasteiger partial charge in [0, 0.05) is 6.42 Å². The minimum Gasteiger partial charge on any atom is -0.394 e. The highest BCUT2D eigenvalue weighted by molar-refractivity contribution is 5.76. The Morgan fingerprint density at radius 2 is 0.965 bits per heavy atom. The van der Waals surface area contributed by atoms with Gasteiger partial charge in [-0.1, -0.05) is 219 Å². The van der Waals surface area contributed by atoms with E-state index in [0.29, 0.717) is 6.42 Å². The Balaban J connectivity index is 2.27. The van der Waals surface area contributed by atoms with Crippen molar-refractivity contribution in [1.82, 2.24) is 5.32 Å². The molecule has 0 aromatic carbocycles. The zero-order valence-electron chi connectivity index (χ0n) is 37.1. The Morgan fingerprint density at radius 1 is 0.579 bits per heavy atom. The van der Waals surface area contributed by atoms with Crippen molar-refractivity contribution in [2.75, 3.05) is 13.2 Å². The molecule has 2 unspecified atom stereocenters. The van der Waals surface area contributed by atoms with E-state index < -0.39 is 49.5 Å². The van der Waals surface area contributed by atoms with E-state index in [0.717, 1.165) is 38.5 Å². The molecule has 9 heteroatoms. The molecule has 0 bridgehead atoms. The average Bonchev–Trinajstić information content (AvgIpc) is 3.21. The first kappa shape index (κ1) is 53.9. The number of unbranched alkanes of at least 4 members (excludes halogenated alkanes) is 31. The third-order valence-electron chi connectivity index (χ3n) is 11.9. The summed E-state index contributed by atoms with van der Waals surface area (Å²) in [6, 6.07) is -0.798. The van der Waals surface area contributed by atoms with Crippen molar-refractivity contribution in [3.63, 3.8) is 0 Å². The second-order valence-corrected chi connectivity index (χ2v) is 17.3. The summed E-state index contributed by atoms with van der Waals surface area (Å²) >= 11 is 0. The molecular weight excluding hydrogens is 719 g/mol. The van der Waals surface area contributed by atoms with Gasteiger partial charge in [-0.3, -0.25) is 4.79 Å². The molecular formula is C48H93NO8. The predicted molar refractivity (Wildman–Crippen MR) is 235 cm³/mol. The zero-order chi connectivity index (χ0) is 41.6. The van der Waals surface area contributed by atoms with Crippen LogP contribution in [0.5, 0.6) is 0 Å². The molecule has 6 N–H and O–H groups in total. The van der Waals surface area contributed by atoms with Gasteiger partial charge >= 0.3 is 0 Å². The summed E-state index contributed by atoms with van der Waals surface area (Å²) in [5.74, 6) is -0.173. The number of aliphatic hydroxyl groups is 5. The molecule has 7 atom stereocenters. The van der Waals surface area contributed by atoms with Crippen LogP contribution in [0.4, 0.5) is 0 Å². The van der Waals surface area contributed by atoms with Crippen molar-refractivity contribution in [3.05, 3.63) is 12.2 Å². The number of carbonyl (C=O) groups excluding carboxylic acids is 1. The lowest BCUT2D eigenvalue weighted by molar-refractivity contribution is -0.302. The highest BCUT2D eigenvalue weighted by Gasteiger charge is 2.44. The predicted octanol–water partition coefficient (Wildman–Crippen LogP) is 10.5. The molecule has 9 nitrogen and oxygen atoms in total. The van der Waals surface area contributed by atoms with Gasteiger partial charge in [-0.2, -0.15) is 0 Å². The van der Waals surface area contributed by atoms with Crippen LogP contribution in [0.1, 0.15) is 232 Å². The van der Waals surface area contributed by atoms with E-state index in [-0.39, 0.29) is 12.5 Å². The summed E-state index contributed by atoms with van der Waals surface area (Å²) in [7, 11) is 0. The molecule has 57 heavy (non-hydrogen) atoms. The Morgan fingerprint density at radius 3 is 1.37 bits per heavy atom. The minimum absolute atomic E-state index is 0.173. The monoisotopic (exact) mass is 812 g/mol. The highest BCUT2D eigenvalue weighted by Crippen LogP contribution is 2.23. The summed E-state index contributed by atoms with van der Waals surface area (Å²) in [6.07, 6.45) is 38.3. The van der Waals surface area contributed by atoms with Crippen LogP contribution in [-0.2, 0) is 14.3 Å². The molecule has 0 spiro atoms. The molecule has 0 aliphatic carbocycles. The van der Waals surface area contributed by atoms with E-state index in [4.69, 9.17) is 9.47 Å². The second kappa shape index (κ2) is 39.1. The standard InChI is InChI=1S/C48H93NO8/c1-3-5-7-9-11-13-15-17-18-19-20-21-22-23-24-26-28-30-32-34-36-38-44(52)49-41(40-56-48-47(55)46(54)45(53)43(39-50)57-48)42(51)37-35-33-31-29-27-25-16-14-12-10-8-6-4-2/h35,37,41-43,45-48,50-51,53-55H,3-34,36,38-40H2,1-2H3,(H,49,52)/t41-,42+,43+,45+,46?,47?,48+/m0/s1. The third kappa shape index (κ3) is 29.7. The Hall–Kier alpha value is -1.07. The van der Waals surface area contributed by atoms with Crippen molar-refractivity contribution < 1.29 is 39.8 Å². The highest BCUT2D eigenvalue weighted by atomic mass is 16.7. The fourth-order valence-corrected chi connectivity index (χ4v) is 7.92. The van der Waals surface area contributed by atoms with Gasteiger partial charge in [0.25, 0.3) is 0 Å². The first-order chi connectivity index (χ1) is 27.8. The first-order valence-corrected chi connectivity index (χ1v) is 24.4. The number of amides is 1. The fraction of sp³-hybridized carbons (Fsp3) is 0.938. The first-order valence-electron chi connectivity index (χ1n) is 24.4. The van der Waals surface area contributed by atoms with E-state index >= 15 is 0 Å². The molecule has 338 valence electrons. The molecule has 0 radical (unpaired) electrons. The van der Waals surface area contributed by atoms with E-state index in [1.807, 2.05) is 6.08 Å². The molecule has 1 aliphatic heterocycles. The molecule has 1 saturated heterocycles. The minimum atomic E-state index is -1.56. The van der Waals surface area contributed by atoms with Gasteiger partial charge in [0.1, 0.15) is 24.4 Å². The van der Waals surface area contributed by atoms with Crippen molar-refractivity contribution >= 4 is 5.91 Å². The molecule has 1 aliphatic rings. The van der Waals surface area contributed by atoms with Gasteiger partial charge < -0.3 is 40.3 Å². The van der Waals surface area contributed by atoms with Crippen LogP contribution in [0.25, 0.3) is 0 Å². The summed E-state index contributed by atoms with van der Waals surface area (Å²) in [5.41, 5.74) is 0. The summed E-state index contributed by atoms with van der Waals surface area (Å²) < 4.78 is 11.2. The molecule has 0 saturated carbocycles. The van der Waals surface area contributed by atoms with Crippen molar-refractivity contribution in [2.45, 2.75) is 275 Å². The third-order valence-corrected chi connectivity index (χ3v) is 11.9. The summed E-state index contributed by atoms with van der Waals surface area (Å²) in [4.78, 5) is 13.0. The number of carbonyl (C=O) groups is 1. The van der Waals surface area contributed by atoms with E-state index in [1.54, 1.807) is 6.08 Å². The number of hydrogen-bond acceptors (Lipinski definition) is 8. The SMILES string of the molecule is CCCCCCCCCCCCCC=C[C@@H](O)[C@H](CO[C@@H]1O[C@H](CO)[C@@H](O)C(O)C1O)NC(=O)CCCCCCCCCCCCCCCCCCCCCCC. The lowest BCUT2D eigenvalue weighted by Crippen LogP contribution is -2.60. The maximum absolute atomic E-state index is 13.0. The number of nitrogens with one attached hydrogen (secondary N) is 1.